The molecule has 0 radical (unpaired) electrons. The molecule has 1 aliphatic rings. The van der Waals surface area contributed by atoms with E-state index in [0.717, 1.165) is 51.5 Å². The van der Waals surface area contributed by atoms with Crippen molar-refractivity contribution < 1.29 is 4.74 Å². The Morgan fingerprint density at radius 1 is 1.29 bits per heavy atom. The summed E-state index contributed by atoms with van der Waals surface area (Å²) in [4.78, 5) is 9.25. The Morgan fingerprint density at radius 3 is 2.76 bits per heavy atom. The molecule has 1 aromatic rings. The number of nitrogen functional groups attached to an aromatic ring is 1. The molecule has 118 valence electrons. The summed E-state index contributed by atoms with van der Waals surface area (Å²) in [5.41, 5.74) is 6.45. The van der Waals surface area contributed by atoms with Crippen LogP contribution in [0.15, 0.2) is 12.1 Å². The van der Waals surface area contributed by atoms with Gasteiger partial charge in [0.25, 0.3) is 0 Å². The molecule has 1 aromatic heterocycles. The van der Waals surface area contributed by atoms with Gasteiger partial charge in [0.05, 0.1) is 12.3 Å². The average molecular weight is 293 g/mol. The molecular formula is C15H27N5O. The summed E-state index contributed by atoms with van der Waals surface area (Å²) in [6.45, 7) is 9.19. The molecule has 1 fully saturated rings. The van der Waals surface area contributed by atoms with Gasteiger partial charge in [0.1, 0.15) is 5.82 Å². The van der Waals surface area contributed by atoms with Gasteiger partial charge >= 0.3 is 0 Å². The Bertz CT molecular complexity index is 432. The van der Waals surface area contributed by atoms with Crippen LogP contribution in [0.5, 0.6) is 5.88 Å². The van der Waals surface area contributed by atoms with Crippen LogP contribution in [0, 0.1) is 0 Å². The molecule has 2 rings (SSSR count). The summed E-state index contributed by atoms with van der Waals surface area (Å²) in [5, 5.41) is 3.35. The van der Waals surface area contributed by atoms with Gasteiger partial charge in [-0.1, -0.05) is 6.92 Å². The molecule has 21 heavy (non-hydrogen) atoms. The van der Waals surface area contributed by atoms with Crippen LogP contribution < -0.4 is 15.8 Å². The zero-order chi connectivity index (χ0) is 15.1. The lowest BCUT2D eigenvalue weighted by atomic mass is 10.3. The molecule has 0 spiro atoms. The third kappa shape index (κ3) is 5.06. The van der Waals surface area contributed by atoms with Gasteiger partial charge in [-0.2, -0.15) is 4.98 Å². The van der Waals surface area contributed by atoms with Crippen molar-refractivity contribution in [3.63, 3.8) is 0 Å². The lowest BCUT2D eigenvalue weighted by Gasteiger charge is -2.32. The highest BCUT2D eigenvalue weighted by Gasteiger charge is 2.13. The van der Waals surface area contributed by atoms with Crippen molar-refractivity contribution in [2.45, 2.75) is 13.3 Å². The fraction of sp³-hybridized carbons (Fsp3) is 0.667. The molecule has 0 bridgehead atoms. The Balaban J connectivity index is 1.77. The molecule has 0 aromatic carbocycles. The highest BCUT2D eigenvalue weighted by Crippen LogP contribution is 2.20. The topological polar surface area (TPSA) is 66.7 Å². The van der Waals surface area contributed by atoms with Gasteiger partial charge in [0.15, 0.2) is 0 Å². The van der Waals surface area contributed by atoms with E-state index in [1.807, 2.05) is 12.1 Å². The van der Waals surface area contributed by atoms with Gasteiger partial charge in [0.2, 0.25) is 5.88 Å². The number of nitrogens with two attached hydrogens (primary N) is 1. The summed E-state index contributed by atoms with van der Waals surface area (Å²) in [6.07, 6.45) is 0.947. The molecule has 0 amide bonds. The first-order valence-corrected chi connectivity index (χ1v) is 7.73. The maximum atomic E-state index is 5.86. The molecule has 6 heteroatoms. The van der Waals surface area contributed by atoms with Crippen LogP contribution >= 0.6 is 0 Å². The molecule has 0 unspecified atom stereocenters. The number of likely N-dealkylation sites (N-methyl/N-ethyl adjacent to an activating group) is 1. The highest BCUT2D eigenvalue weighted by molar-refractivity contribution is 5.53. The monoisotopic (exact) mass is 293 g/mol. The van der Waals surface area contributed by atoms with E-state index in [1.54, 1.807) is 0 Å². The fourth-order valence-electron chi connectivity index (χ4n) is 2.28. The van der Waals surface area contributed by atoms with Crippen molar-refractivity contribution in [2.24, 2.45) is 0 Å². The van der Waals surface area contributed by atoms with Crippen LogP contribution in [-0.4, -0.2) is 67.7 Å². The Labute approximate surface area is 127 Å². The minimum Gasteiger partial charge on any atom is -0.476 e. The molecule has 6 nitrogen and oxygen atoms in total. The number of piperazine rings is 1. The molecule has 2 heterocycles. The largest absolute Gasteiger partial charge is 0.476 e. The summed E-state index contributed by atoms with van der Waals surface area (Å²) in [6, 6.07) is 3.74. The minimum atomic E-state index is 0.529. The normalized spacial score (nSPS) is 16.9. The predicted octanol–water partition coefficient (Wildman–Crippen LogP) is 1.11. The second-order valence-electron chi connectivity index (χ2n) is 5.51. The second-order valence-corrected chi connectivity index (χ2v) is 5.51. The third-order valence-electron chi connectivity index (χ3n) is 3.66. The number of hydrogen-bond acceptors (Lipinski definition) is 6. The van der Waals surface area contributed by atoms with E-state index in [-0.39, 0.29) is 0 Å². The molecule has 1 saturated heterocycles. The van der Waals surface area contributed by atoms with E-state index in [9.17, 15) is 0 Å². The van der Waals surface area contributed by atoms with Crippen molar-refractivity contribution in [1.82, 2.24) is 14.8 Å². The number of nitrogens with one attached hydrogen (secondary N) is 1. The Kier molecular flexibility index (Phi) is 6.07. The van der Waals surface area contributed by atoms with Crippen LogP contribution in [0.3, 0.4) is 0 Å². The van der Waals surface area contributed by atoms with Crippen LogP contribution in [0.2, 0.25) is 0 Å². The van der Waals surface area contributed by atoms with Gasteiger partial charge in [0, 0.05) is 39.3 Å². The van der Waals surface area contributed by atoms with Gasteiger partial charge in [-0.15, -0.1) is 0 Å². The molecule has 0 aliphatic carbocycles. The van der Waals surface area contributed by atoms with Crippen molar-refractivity contribution in [3.05, 3.63) is 12.1 Å². The minimum absolute atomic E-state index is 0.529. The van der Waals surface area contributed by atoms with Crippen molar-refractivity contribution in [2.75, 3.05) is 64.0 Å². The first kappa shape index (κ1) is 15.9. The zero-order valence-corrected chi connectivity index (χ0v) is 13.1. The molecule has 0 atom stereocenters. The first-order valence-electron chi connectivity index (χ1n) is 7.73. The maximum Gasteiger partial charge on any atom is 0.239 e. The van der Waals surface area contributed by atoms with E-state index < -0.39 is 0 Å². The predicted molar refractivity (Wildman–Crippen MR) is 86.9 cm³/mol. The first-order chi connectivity index (χ1) is 10.2. The fourth-order valence-corrected chi connectivity index (χ4v) is 2.28. The SMILES string of the molecule is CCCOc1nc(NCCN2CCN(C)CC2)ccc1N. The van der Waals surface area contributed by atoms with Gasteiger partial charge < -0.3 is 20.7 Å². The molecule has 3 N–H and O–H groups in total. The van der Waals surface area contributed by atoms with Gasteiger partial charge in [-0.25, -0.2) is 0 Å². The summed E-state index contributed by atoms with van der Waals surface area (Å²) in [7, 11) is 2.17. The number of anilines is 2. The van der Waals surface area contributed by atoms with Gasteiger partial charge in [-0.05, 0) is 25.6 Å². The van der Waals surface area contributed by atoms with Crippen LogP contribution in [0.1, 0.15) is 13.3 Å². The number of aromatic nitrogens is 1. The molecule has 0 saturated carbocycles. The van der Waals surface area contributed by atoms with Crippen molar-refractivity contribution >= 4 is 11.5 Å². The Hall–Kier alpha value is -1.53. The molecule has 1 aliphatic heterocycles. The van der Waals surface area contributed by atoms with Crippen LogP contribution in [0.25, 0.3) is 0 Å². The zero-order valence-electron chi connectivity index (χ0n) is 13.1. The maximum absolute atomic E-state index is 5.86. The summed E-state index contributed by atoms with van der Waals surface area (Å²) in [5.74, 6) is 1.35. The van der Waals surface area contributed by atoms with E-state index in [1.165, 1.54) is 0 Å². The second kappa shape index (κ2) is 8.05. The highest BCUT2D eigenvalue weighted by atomic mass is 16.5. The standard InChI is InChI=1S/C15H27N5O/c1-3-12-21-15-13(16)4-5-14(18-15)17-6-7-20-10-8-19(2)9-11-20/h4-5H,3,6-12,16H2,1-2H3,(H,17,18). The molecular weight excluding hydrogens is 266 g/mol. The number of ether oxygens (including phenoxy) is 1. The van der Waals surface area contributed by atoms with E-state index in [2.05, 4.69) is 34.1 Å². The average Bonchev–Trinajstić information content (AvgIpc) is 2.49. The van der Waals surface area contributed by atoms with Crippen LogP contribution in [-0.2, 0) is 0 Å². The lowest BCUT2D eigenvalue weighted by molar-refractivity contribution is 0.158. The van der Waals surface area contributed by atoms with Crippen LogP contribution in [0.4, 0.5) is 11.5 Å². The quantitative estimate of drug-likeness (QED) is 0.785. The van der Waals surface area contributed by atoms with E-state index in [4.69, 9.17) is 10.5 Å². The third-order valence-corrected chi connectivity index (χ3v) is 3.66. The van der Waals surface area contributed by atoms with Crippen molar-refractivity contribution in [3.8, 4) is 5.88 Å². The summed E-state index contributed by atoms with van der Waals surface area (Å²) < 4.78 is 5.54. The van der Waals surface area contributed by atoms with E-state index >= 15 is 0 Å². The number of rotatable bonds is 7. The number of nitrogens with zero attached hydrogens (tertiary/aromatic N) is 3. The Morgan fingerprint density at radius 2 is 2.05 bits per heavy atom. The number of pyridine rings is 1. The lowest BCUT2D eigenvalue weighted by Crippen LogP contribution is -2.45. The van der Waals surface area contributed by atoms with Gasteiger partial charge in [-0.3, -0.25) is 4.90 Å². The summed E-state index contributed by atoms with van der Waals surface area (Å²) >= 11 is 0. The smallest absolute Gasteiger partial charge is 0.239 e. The van der Waals surface area contributed by atoms with Crippen molar-refractivity contribution in [1.29, 1.82) is 0 Å². The van der Waals surface area contributed by atoms with E-state index in [0.29, 0.717) is 18.2 Å². The number of hydrogen-bond donors (Lipinski definition) is 2.